The minimum absolute atomic E-state index is 0.000160. The van der Waals surface area contributed by atoms with Crippen molar-refractivity contribution in [1.29, 1.82) is 0 Å². The van der Waals surface area contributed by atoms with Gasteiger partial charge in [0.25, 0.3) is 5.91 Å². The van der Waals surface area contributed by atoms with Crippen LogP contribution in [0.4, 0.5) is 5.69 Å². The van der Waals surface area contributed by atoms with E-state index < -0.39 is 23.5 Å². The summed E-state index contributed by atoms with van der Waals surface area (Å²) in [5, 5.41) is 12.0. The van der Waals surface area contributed by atoms with E-state index in [0.29, 0.717) is 35.6 Å². The fourth-order valence-electron chi connectivity index (χ4n) is 4.06. The molecule has 1 aromatic heterocycles. The molecule has 2 aromatic carbocycles. The van der Waals surface area contributed by atoms with E-state index in [1.54, 1.807) is 31.4 Å². The molecule has 0 aliphatic carbocycles. The van der Waals surface area contributed by atoms with Crippen molar-refractivity contribution in [3.05, 3.63) is 76.2 Å². The number of Topliss-reactive ketones (excluding diaryl/α,β-unsaturated/α-hetero) is 1. The van der Waals surface area contributed by atoms with Gasteiger partial charge < -0.3 is 24.1 Å². The minimum atomic E-state index is -0.741. The lowest BCUT2D eigenvalue weighted by Crippen LogP contribution is -2.32. The number of aliphatic hydroxyl groups excluding tert-OH is 1. The number of fused-ring (bicyclic) bond motifs is 1. The topological polar surface area (TPSA) is 83.2 Å². The first-order chi connectivity index (χ1) is 15.8. The molecule has 0 saturated carbocycles. The summed E-state index contributed by atoms with van der Waals surface area (Å²) in [6, 6.07) is 13.4. The highest BCUT2D eigenvalue weighted by Crippen LogP contribution is 2.40. The van der Waals surface area contributed by atoms with Crippen molar-refractivity contribution < 1.29 is 23.8 Å². The van der Waals surface area contributed by atoms with E-state index >= 15 is 0 Å². The number of hydrogen-bond acceptors (Lipinski definition) is 6. The van der Waals surface area contributed by atoms with Crippen molar-refractivity contribution in [3.8, 4) is 0 Å². The first-order valence-electron chi connectivity index (χ1n) is 10.6. The summed E-state index contributed by atoms with van der Waals surface area (Å²) < 4.78 is 10.9. The molecule has 4 rings (SSSR count). The monoisotopic (exact) mass is 468 g/mol. The van der Waals surface area contributed by atoms with Crippen LogP contribution in [-0.4, -0.2) is 56.1 Å². The maximum absolute atomic E-state index is 13.5. The molecule has 0 radical (unpaired) electrons. The first-order valence-corrected chi connectivity index (χ1v) is 10.9. The average molecular weight is 469 g/mol. The molecule has 1 aliphatic rings. The smallest absolute Gasteiger partial charge is 0.290 e. The summed E-state index contributed by atoms with van der Waals surface area (Å²) in [7, 11) is 5.45. The van der Waals surface area contributed by atoms with Gasteiger partial charge in [0.05, 0.1) is 11.6 Å². The highest BCUT2D eigenvalue weighted by Gasteiger charge is 2.44. The number of hydrogen-bond donors (Lipinski definition) is 1. The van der Waals surface area contributed by atoms with Crippen LogP contribution in [0.3, 0.4) is 0 Å². The van der Waals surface area contributed by atoms with Crippen LogP contribution in [-0.2, 0) is 9.53 Å². The normalized spacial score (nSPS) is 16.2. The van der Waals surface area contributed by atoms with E-state index in [0.717, 1.165) is 11.3 Å². The summed E-state index contributed by atoms with van der Waals surface area (Å²) >= 11 is 6.05. The minimum Gasteiger partial charge on any atom is -0.503 e. The molecule has 8 heteroatoms. The number of methoxy groups -OCH3 is 1. The maximum atomic E-state index is 13.5. The van der Waals surface area contributed by atoms with Gasteiger partial charge >= 0.3 is 0 Å². The Bertz CT molecular complexity index is 1230. The van der Waals surface area contributed by atoms with Crippen molar-refractivity contribution in [2.75, 3.05) is 39.3 Å². The number of nitrogens with zero attached hydrogens (tertiary/aromatic N) is 2. The van der Waals surface area contributed by atoms with Crippen LogP contribution in [0.1, 0.15) is 28.6 Å². The van der Waals surface area contributed by atoms with Crippen LogP contribution in [0.5, 0.6) is 0 Å². The summed E-state index contributed by atoms with van der Waals surface area (Å²) in [6.07, 6.45) is 0.562. The number of aliphatic hydroxyl groups is 1. The van der Waals surface area contributed by atoms with Gasteiger partial charge in [-0.3, -0.25) is 9.59 Å². The van der Waals surface area contributed by atoms with Crippen LogP contribution >= 0.6 is 11.6 Å². The van der Waals surface area contributed by atoms with Crippen LogP contribution in [0.15, 0.2) is 64.3 Å². The number of furan rings is 1. The third-order valence-electron chi connectivity index (χ3n) is 5.72. The summed E-state index contributed by atoms with van der Waals surface area (Å²) in [4.78, 5) is 30.0. The van der Waals surface area contributed by atoms with Crippen LogP contribution in [0.2, 0.25) is 5.02 Å². The lowest BCUT2D eigenvalue weighted by Gasteiger charge is -2.27. The number of ether oxygens (including phenoxy) is 1. The predicted molar refractivity (Wildman–Crippen MR) is 127 cm³/mol. The molecule has 2 heterocycles. The largest absolute Gasteiger partial charge is 0.503 e. The van der Waals surface area contributed by atoms with E-state index in [9.17, 15) is 14.7 Å². The van der Waals surface area contributed by atoms with Crippen molar-refractivity contribution in [3.63, 3.8) is 0 Å². The first kappa shape index (κ1) is 22.9. The molecule has 0 spiro atoms. The number of amides is 1. The molecule has 0 saturated heterocycles. The average Bonchev–Trinajstić information content (AvgIpc) is 3.33. The molecule has 1 aliphatic heterocycles. The van der Waals surface area contributed by atoms with Crippen LogP contribution in [0.25, 0.3) is 11.0 Å². The van der Waals surface area contributed by atoms with Gasteiger partial charge in [-0.1, -0.05) is 23.7 Å². The van der Waals surface area contributed by atoms with Gasteiger partial charge in [0.2, 0.25) is 5.78 Å². The van der Waals surface area contributed by atoms with Gasteiger partial charge in [-0.2, -0.15) is 0 Å². The van der Waals surface area contributed by atoms with Crippen molar-refractivity contribution in [2.45, 2.75) is 12.5 Å². The molecule has 1 amide bonds. The van der Waals surface area contributed by atoms with Crippen LogP contribution < -0.4 is 4.90 Å². The second-order valence-electron chi connectivity index (χ2n) is 8.12. The fraction of sp³-hybridized carbons (Fsp3) is 0.280. The number of ketones is 1. The Morgan fingerprint density at radius 1 is 1.18 bits per heavy atom. The Kier molecular flexibility index (Phi) is 6.44. The number of halogens is 1. The van der Waals surface area contributed by atoms with Crippen molar-refractivity contribution in [2.24, 2.45) is 0 Å². The zero-order valence-corrected chi connectivity index (χ0v) is 19.4. The van der Waals surface area contributed by atoms with Gasteiger partial charge in [-0.05, 0) is 48.4 Å². The highest BCUT2D eigenvalue weighted by atomic mass is 35.5. The van der Waals surface area contributed by atoms with Crippen LogP contribution in [0, 0.1) is 0 Å². The maximum Gasteiger partial charge on any atom is 0.290 e. The van der Waals surface area contributed by atoms with Crippen molar-refractivity contribution >= 4 is 39.9 Å². The van der Waals surface area contributed by atoms with E-state index in [1.807, 2.05) is 43.3 Å². The molecule has 172 valence electrons. The van der Waals surface area contributed by atoms with Gasteiger partial charge in [0.15, 0.2) is 11.5 Å². The molecule has 0 fully saturated rings. The summed E-state index contributed by atoms with van der Waals surface area (Å²) in [5.74, 6) is -1.65. The number of benzene rings is 2. The zero-order valence-electron chi connectivity index (χ0n) is 18.7. The number of carbonyl (C=O) groups excluding carboxylic acids is 2. The van der Waals surface area contributed by atoms with Gasteiger partial charge in [0.1, 0.15) is 5.58 Å². The molecule has 33 heavy (non-hydrogen) atoms. The third-order valence-corrected chi connectivity index (χ3v) is 5.96. The van der Waals surface area contributed by atoms with E-state index in [-0.39, 0.29) is 11.3 Å². The zero-order chi connectivity index (χ0) is 23.7. The Hall–Kier alpha value is -3.29. The second kappa shape index (κ2) is 9.29. The predicted octanol–water partition coefficient (Wildman–Crippen LogP) is 4.77. The molecule has 1 unspecified atom stereocenters. The quantitative estimate of drug-likeness (QED) is 0.379. The molecule has 1 N–H and O–H groups in total. The van der Waals surface area contributed by atoms with Crippen molar-refractivity contribution in [1.82, 2.24) is 4.90 Å². The third kappa shape index (κ3) is 4.34. The van der Waals surface area contributed by atoms with Gasteiger partial charge in [-0.25, -0.2) is 0 Å². The van der Waals surface area contributed by atoms with Gasteiger partial charge in [-0.15, -0.1) is 0 Å². The molecular formula is C25H25ClN2O5. The molecule has 7 nitrogen and oxygen atoms in total. The lowest BCUT2D eigenvalue weighted by atomic mass is 9.94. The summed E-state index contributed by atoms with van der Waals surface area (Å²) in [5.41, 5.74) is 2.19. The number of carbonyl (C=O) groups is 2. The Morgan fingerprint density at radius 2 is 1.91 bits per heavy atom. The highest BCUT2D eigenvalue weighted by molar-refractivity contribution is 6.31. The molecular weight excluding hydrogens is 444 g/mol. The summed E-state index contributed by atoms with van der Waals surface area (Å²) in [6.45, 7) is 0.772. The van der Waals surface area contributed by atoms with Gasteiger partial charge in [0, 0.05) is 50.5 Å². The number of anilines is 1. The molecule has 3 aromatic rings. The molecule has 1 atom stereocenters. The Morgan fingerprint density at radius 3 is 2.58 bits per heavy atom. The fourth-order valence-corrected chi connectivity index (χ4v) is 4.24. The van der Waals surface area contributed by atoms with E-state index in [1.165, 1.54) is 4.90 Å². The second-order valence-corrected chi connectivity index (χ2v) is 8.55. The molecule has 0 bridgehead atoms. The lowest BCUT2D eigenvalue weighted by molar-refractivity contribution is -0.129. The van der Waals surface area contributed by atoms with E-state index in [2.05, 4.69) is 0 Å². The Balaban J connectivity index is 1.76. The standard InChI is InChI=1S/C25H25ClN2O5/c1-27(2)18-8-5-15(6-9-18)22-21(24(30)25(31)28(22)11-4-12-32-3)23(29)20-14-16-13-17(26)7-10-19(16)33-20/h5-10,13-14,22,30H,4,11-12H2,1-3H3. The van der Waals surface area contributed by atoms with E-state index in [4.69, 9.17) is 20.8 Å². The Labute approximate surface area is 196 Å². The number of rotatable bonds is 8. The SMILES string of the molecule is COCCCN1C(=O)C(O)=C(C(=O)c2cc3cc(Cl)ccc3o2)C1c1ccc(N(C)C)cc1.